The minimum atomic E-state index is -0.511. The molecule has 0 heterocycles. The summed E-state index contributed by atoms with van der Waals surface area (Å²) in [5.74, 6) is -0.257. The van der Waals surface area contributed by atoms with Gasteiger partial charge in [0.2, 0.25) is 5.91 Å². The molecule has 12 heavy (non-hydrogen) atoms. The van der Waals surface area contributed by atoms with Crippen LogP contribution in [0.4, 0.5) is 4.79 Å². The monoisotopic (exact) mass is 171 g/mol. The molecular weight excluding hydrogens is 158 g/mol. The minimum absolute atomic E-state index is 0.257. The van der Waals surface area contributed by atoms with E-state index in [9.17, 15) is 9.59 Å². The first kappa shape index (κ1) is 10.5. The highest BCUT2D eigenvalue weighted by Crippen LogP contribution is 1.78. The van der Waals surface area contributed by atoms with Crippen LogP contribution in [0.1, 0.15) is 0 Å². The third kappa shape index (κ3) is 4.32. The van der Waals surface area contributed by atoms with Crippen molar-refractivity contribution in [2.24, 2.45) is 5.73 Å². The highest BCUT2D eigenvalue weighted by molar-refractivity contribution is 5.86. The second kappa shape index (κ2) is 5.17. The highest BCUT2D eigenvalue weighted by Gasteiger charge is 2.01. The maximum atomic E-state index is 10.6. The van der Waals surface area contributed by atoms with Gasteiger partial charge in [0.25, 0.3) is 0 Å². The quantitative estimate of drug-likeness (QED) is 0.549. The van der Waals surface area contributed by atoms with Crippen LogP contribution in [0.3, 0.4) is 0 Å². The zero-order valence-corrected chi connectivity index (χ0v) is 7.04. The van der Waals surface area contributed by atoms with Gasteiger partial charge in [0, 0.05) is 20.1 Å². The van der Waals surface area contributed by atoms with Crippen molar-refractivity contribution in [2.45, 2.75) is 0 Å². The van der Waals surface area contributed by atoms with Crippen LogP contribution >= 0.6 is 0 Å². The van der Waals surface area contributed by atoms with Crippen LogP contribution in [-0.4, -0.2) is 37.0 Å². The van der Waals surface area contributed by atoms with Crippen LogP contribution in [-0.2, 0) is 4.79 Å². The number of likely N-dealkylation sites (N-methyl/N-ethyl adjacent to an activating group) is 1. The van der Waals surface area contributed by atoms with E-state index < -0.39 is 6.03 Å². The Kier molecular flexibility index (Phi) is 4.52. The molecule has 0 aromatic carbocycles. The fourth-order valence-corrected chi connectivity index (χ4v) is 0.529. The van der Waals surface area contributed by atoms with E-state index in [1.54, 1.807) is 7.05 Å². The standard InChI is InChI=1S/C7H13N3O2/c1-3-6(11)9-4-5-10(2)7(8)12/h3H,1,4-5H2,2H3,(H2,8,12)(H,9,11). The van der Waals surface area contributed by atoms with Gasteiger partial charge in [0.15, 0.2) is 0 Å². The van der Waals surface area contributed by atoms with Crippen molar-refractivity contribution in [3.8, 4) is 0 Å². The number of nitrogens with two attached hydrogens (primary N) is 1. The molecule has 0 spiro atoms. The van der Waals surface area contributed by atoms with Gasteiger partial charge in [-0.25, -0.2) is 4.79 Å². The Hall–Kier alpha value is -1.52. The number of rotatable bonds is 4. The van der Waals surface area contributed by atoms with Crippen molar-refractivity contribution >= 4 is 11.9 Å². The minimum Gasteiger partial charge on any atom is -0.351 e. The Bertz CT molecular complexity index is 191. The normalized spacial score (nSPS) is 8.75. The molecular formula is C7H13N3O2. The van der Waals surface area contributed by atoms with Gasteiger partial charge in [-0.3, -0.25) is 4.79 Å². The van der Waals surface area contributed by atoms with Crippen LogP contribution in [0.15, 0.2) is 12.7 Å². The lowest BCUT2D eigenvalue weighted by molar-refractivity contribution is -0.116. The second-order valence-corrected chi connectivity index (χ2v) is 2.25. The largest absolute Gasteiger partial charge is 0.351 e. The summed E-state index contributed by atoms with van der Waals surface area (Å²) in [5.41, 5.74) is 4.94. The molecule has 0 aromatic rings. The molecule has 5 nitrogen and oxygen atoms in total. The first-order chi connectivity index (χ1) is 5.57. The zero-order valence-electron chi connectivity index (χ0n) is 7.04. The fourth-order valence-electron chi connectivity index (χ4n) is 0.529. The summed E-state index contributed by atoms with van der Waals surface area (Å²) < 4.78 is 0. The van der Waals surface area contributed by atoms with Crippen molar-refractivity contribution < 1.29 is 9.59 Å². The number of hydrogen-bond acceptors (Lipinski definition) is 2. The van der Waals surface area contributed by atoms with Gasteiger partial charge in [-0.1, -0.05) is 6.58 Å². The van der Waals surface area contributed by atoms with E-state index in [1.165, 1.54) is 11.0 Å². The van der Waals surface area contributed by atoms with Gasteiger partial charge in [0.1, 0.15) is 0 Å². The predicted octanol–water partition coefficient (Wildman–Crippen LogP) is -0.701. The number of hydrogen-bond donors (Lipinski definition) is 2. The lowest BCUT2D eigenvalue weighted by Crippen LogP contribution is -2.38. The first-order valence-corrected chi connectivity index (χ1v) is 3.48. The Balaban J connectivity index is 3.49. The Labute approximate surface area is 71.2 Å². The molecule has 0 rings (SSSR count). The molecule has 0 unspecified atom stereocenters. The number of nitrogens with one attached hydrogen (secondary N) is 1. The van der Waals surface area contributed by atoms with E-state index in [4.69, 9.17) is 5.73 Å². The number of primary amides is 1. The first-order valence-electron chi connectivity index (χ1n) is 3.48. The third-order valence-electron chi connectivity index (χ3n) is 1.31. The number of nitrogens with zero attached hydrogens (tertiary/aromatic N) is 1. The molecule has 0 aromatic heterocycles. The topological polar surface area (TPSA) is 75.4 Å². The summed E-state index contributed by atoms with van der Waals surface area (Å²) in [5, 5.41) is 2.51. The Morgan fingerprint density at radius 2 is 2.25 bits per heavy atom. The number of urea groups is 1. The van der Waals surface area contributed by atoms with Crippen molar-refractivity contribution in [2.75, 3.05) is 20.1 Å². The Morgan fingerprint density at radius 3 is 2.67 bits per heavy atom. The molecule has 3 N–H and O–H groups in total. The summed E-state index contributed by atoms with van der Waals surface area (Å²) in [7, 11) is 1.56. The maximum Gasteiger partial charge on any atom is 0.314 e. The van der Waals surface area contributed by atoms with Gasteiger partial charge < -0.3 is 16.0 Å². The van der Waals surface area contributed by atoms with Crippen LogP contribution < -0.4 is 11.1 Å². The molecule has 68 valence electrons. The van der Waals surface area contributed by atoms with Crippen molar-refractivity contribution in [3.05, 3.63) is 12.7 Å². The predicted molar refractivity (Wildman–Crippen MR) is 45.4 cm³/mol. The number of amides is 3. The van der Waals surface area contributed by atoms with Gasteiger partial charge in [-0.05, 0) is 6.08 Å². The summed E-state index contributed by atoms with van der Waals surface area (Å²) in [4.78, 5) is 22.4. The van der Waals surface area contributed by atoms with Crippen molar-refractivity contribution in [1.29, 1.82) is 0 Å². The third-order valence-corrected chi connectivity index (χ3v) is 1.31. The molecule has 0 saturated heterocycles. The number of carbonyl (C=O) groups excluding carboxylic acids is 2. The molecule has 0 aliphatic carbocycles. The van der Waals surface area contributed by atoms with Crippen LogP contribution in [0, 0.1) is 0 Å². The molecule has 3 amide bonds. The number of carbonyl (C=O) groups is 2. The average molecular weight is 171 g/mol. The maximum absolute atomic E-state index is 10.6. The summed E-state index contributed by atoms with van der Waals surface area (Å²) in [6.45, 7) is 4.05. The molecule has 0 aliphatic rings. The molecule has 0 aliphatic heterocycles. The van der Waals surface area contributed by atoms with Crippen LogP contribution in [0.5, 0.6) is 0 Å². The van der Waals surface area contributed by atoms with E-state index >= 15 is 0 Å². The Morgan fingerprint density at radius 1 is 1.67 bits per heavy atom. The highest BCUT2D eigenvalue weighted by atomic mass is 16.2. The molecule has 0 atom stereocenters. The molecule has 0 saturated carbocycles. The lowest BCUT2D eigenvalue weighted by atomic mass is 10.5. The SMILES string of the molecule is C=CC(=O)NCCN(C)C(N)=O. The lowest BCUT2D eigenvalue weighted by Gasteiger charge is -2.13. The summed E-state index contributed by atoms with van der Waals surface area (Å²) >= 11 is 0. The average Bonchev–Trinajstić information content (AvgIpc) is 2.03. The molecule has 0 bridgehead atoms. The molecule has 0 radical (unpaired) electrons. The van der Waals surface area contributed by atoms with Crippen LogP contribution in [0.2, 0.25) is 0 Å². The van der Waals surface area contributed by atoms with Gasteiger partial charge >= 0.3 is 6.03 Å². The van der Waals surface area contributed by atoms with Gasteiger partial charge in [0.05, 0.1) is 0 Å². The van der Waals surface area contributed by atoms with E-state index in [0.29, 0.717) is 13.1 Å². The fraction of sp³-hybridized carbons (Fsp3) is 0.429. The van der Waals surface area contributed by atoms with E-state index in [-0.39, 0.29) is 5.91 Å². The summed E-state index contributed by atoms with van der Waals surface area (Å²) in [6.07, 6.45) is 1.17. The second-order valence-electron chi connectivity index (χ2n) is 2.25. The van der Waals surface area contributed by atoms with E-state index in [1.807, 2.05) is 0 Å². The molecule has 0 fully saturated rings. The van der Waals surface area contributed by atoms with Crippen LogP contribution in [0.25, 0.3) is 0 Å². The van der Waals surface area contributed by atoms with Gasteiger partial charge in [-0.2, -0.15) is 0 Å². The van der Waals surface area contributed by atoms with E-state index in [2.05, 4.69) is 11.9 Å². The molecule has 5 heteroatoms. The smallest absolute Gasteiger partial charge is 0.314 e. The zero-order chi connectivity index (χ0) is 9.56. The van der Waals surface area contributed by atoms with Crippen molar-refractivity contribution in [3.63, 3.8) is 0 Å². The van der Waals surface area contributed by atoms with E-state index in [0.717, 1.165) is 0 Å². The van der Waals surface area contributed by atoms with Gasteiger partial charge in [-0.15, -0.1) is 0 Å². The van der Waals surface area contributed by atoms with Crippen molar-refractivity contribution in [1.82, 2.24) is 10.2 Å². The summed E-state index contributed by atoms with van der Waals surface area (Å²) in [6, 6.07) is -0.511.